The Morgan fingerprint density at radius 3 is 2.13 bits per heavy atom. The molecule has 1 unspecified atom stereocenters. The number of nitrogens with two attached hydrogens (primary N) is 1. The quantitative estimate of drug-likeness (QED) is 0.756. The standard InChI is InChI=1S/C12H26N2O/c1-9-6-14(7-10(2)15-9)8-11(13)12(3,4)5/h9-11H,6-8,13H2,1-5H3/t9-,10+,11?. The number of morpholine rings is 1. The second-order valence-corrected chi connectivity index (χ2v) is 5.95. The fourth-order valence-corrected chi connectivity index (χ4v) is 1.99. The molecule has 0 aromatic rings. The van der Waals surface area contributed by atoms with Gasteiger partial charge >= 0.3 is 0 Å². The molecule has 1 saturated heterocycles. The summed E-state index contributed by atoms with van der Waals surface area (Å²) in [6.45, 7) is 13.8. The van der Waals surface area contributed by atoms with Gasteiger partial charge in [0.05, 0.1) is 12.2 Å². The molecule has 90 valence electrons. The van der Waals surface area contributed by atoms with Crippen LogP contribution in [0, 0.1) is 5.41 Å². The van der Waals surface area contributed by atoms with Crippen LogP contribution in [0.1, 0.15) is 34.6 Å². The molecule has 3 heteroatoms. The highest BCUT2D eigenvalue weighted by Gasteiger charge is 2.27. The van der Waals surface area contributed by atoms with Crippen LogP contribution in [-0.2, 0) is 4.74 Å². The third kappa shape index (κ3) is 4.09. The molecule has 2 N–H and O–H groups in total. The topological polar surface area (TPSA) is 38.5 Å². The summed E-state index contributed by atoms with van der Waals surface area (Å²) in [5, 5.41) is 0. The molecule has 0 spiro atoms. The van der Waals surface area contributed by atoms with Gasteiger partial charge in [0.15, 0.2) is 0 Å². The molecule has 3 nitrogen and oxygen atoms in total. The zero-order valence-electron chi connectivity index (χ0n) is 10.8. The maximum absolute atomic E-state index is 6.19. The summed E-state index contributed by atoms with van der Waals surface area (Å²) in [4.78, 5) is 2.43. The Labute approximate surface area is 94.0 Å². The molecule has 1 rings (SSSR count). The molecular weight excluding hydrogens is 188 g/mol. The van der Waals surface area contributed by atoms with Gasteiger partial charge in [-0.15, -0.1) is 0 Å². The van der Waals surface area contributed by atoms with E-state index in [9.17, 15) is 0 Å². The Hall–Kier alpha value is -0.120. The Morgan fingerprint density at radius 1 is 1.27 bits per heavy atom. The van der Waals surface area contributed by atoms with Crippen molar-refractivity contribution in [2.45, 2.75) is 52.9 Å². The summed E-state index contributed by atoms with van der Waals surface area (Å²) in [6.07, 6.45) is 0.668. The summed E-state index contributed by atoms with van der Waals surface area (Å²) in [7, 11) is 0. The van der Waals surface area contributed by atoms with E-state index < -0.39 is 0 Å². The number of ether oxygens (including phenoxy) is 1. The highest BCUT2D eigenvalue weighted by molar-refractivity contribution is 4.83. The second kappa shape index (κ2) is 4.81. The molecule has 1 aliphatic rings. The zero-order chi connectivity index (χ0) is 11.6. The highest BCUT2D eigenvalue weighted by atomic mass is 16.5. The summed E-state index contributed by atoms with van der Waals surface area (Å²) in [5.74, 6) is 0. The first-order valence-electron chi connectivity index (χ1n) is 5.92. The van der Waals surface area contributed by atoms with E-state index in [4.69, 9.17) is 10.5 Å². The van der Waals surface area contributed by atoms with Crippen molar-refractivity contribution >= 4 is 0 Å². The highest BCUT2D eigenvalue weighted by Crippen LogP contribution is 2.19. The third-order valence-corrected chi connectivity index (χ3v) is 3.06. The predicted octanol–water partition coefficient (Wildman–Crippen LogP) is 1.47. The summed E-state index contributed by atoms with van der Waals surface area (Å²) in [5.41, 5.74) is 6.38. The predicted molar refractivity (Wildman–Crippen MR) is 63.9 cm³/mol. The van der Waals surface area contributed by atoms with Gasteiger partial charge in [0.1, 0.15) is 0 Å². The lowest BCUT2D eigenvalue weighted by molar-refractivity contribution is -0.0713. The van der Waals surface area contributed by atoms with Crippen LogP contribution in [-0.4, -0.2) is 42.8 Å². The van der Waals surface area contributed by atoms with Crippen molar-refractivity contribution in [1.82, 2.24) is 4.90 Å². The van der Waals surface area contributed by atoms with Crippen molar-refractivity contribution in [1.29, 1.82) is 0 Å². The van der Waals surface area contributed by atoms with Crippen LogP contribution in [0.3, 0.4) is 0 Å². The zero-order valence-corrected chi connectivity index (χ0v) is 10.8. The minimum absolute atomic E-state index is 0.185. The minimum atomic E-state index is 0.185. The van der Waals surface area contributed by atoms with Gasteiger partial charge in [-0.1, -0.05) is 20.8 Å². The number of rotatable bonds is 2. The van der Waals surface area contributed by atoms with Gasteiger partial charge in [0.25, 0.3) is 0 Å². The SMILES string of the molecule is C[C@@H]1CN(CC(N)C(C)(C)C)C[C@H](C)O1. The van der Waals surface area contributed by atoms with Gasteiger partial charge < -0.3 is 10.5 Å². The molecule has 0 aromatic carbocycles. The van der Waals surface area contributed by atoms with E-state index >= 15 is 0 Å². The Kier molecular flexibility index (Phi) is 4.15. The Morgan fingerprint density at radius 2 is 1.73 bits per heavy atom. The molecule has 0 radical (unpaired) electrons. The average molecular weight is 214 g/mol. The van der Waals surface area contributed by atoms with E-state index in [2.05, 4.69) is 39.5 Å². The lowest BCUT2D eigenvalue weighted by atomic mass is 9.87. The van der Waals surface area contributed by atoms with Gasteiger partial charge in [-0.3, -0.25) is 4.90 Å². The number of hydrogen-bond acceptors (Lipinski definition) is 3. The van der Waals surface area contributed by atoms with Crippen LogP contribution < -0.4 is 5.73 Å². The van der Waals surface area contributed by atoms with Crippen LogP contribution in [0.25, 0.3) is 0 Å². The molecule has 1 heterocycles. The van der Waals surface area contributed by atoms with Gasteiger partial charge in [-0.25, -0.2) is 0 Å². The Balaban J connectivity index is 2.44. The third-order valence-electron chi connectivity index (χ3n) is 3.06. The van der Waals surface area contributed by atoms with Crippen LogP contribution >= 0.6 is 0 Å². The molecule has 0 amide bonds. The lowest BCUT2D eigenvalue weighted by Crippen LogP contribution is -2.52. The molecule has 0 bridgehead atoms. The smallest absolute Gasteiger partial charge is 0.0678 e. The van der Waals surface area contributed by atoms with E-state index in [1.807, 2.05) is 0 Å². The molecule has 1 aliphatic heterocycles. The molecular formula is C12H26N2O. The van der Waals surface area contributed by atoms with Crippen molar-refractivity contribution in [3.05, 3.63) is 0 Å². The average Bonchev–Trinajstić information content (AvgIpc) is 1.99. The van der Waals surface area contributed by atoms with Gasteiger partial charge in [0, 0.05) is 25.7 Å². The Bertz CT molecular complexity index is 190. The minimum Gasteiger partial charge on any atom is -0.373 e. The monoisotopic (exact) mass is 214 g/mol. The van der Waals surface area contributed by atoms with E-state index in [1.165, 1.54) is 0 Å². The molecule has 3 atom stereocenters. The van der Waals surface area contributed by atoms with Crippen LogP contribution in [0.5, 0.6) is 0 Å². The van der Waals surface area contributed by atoms with Crippen molar-refractivity contribution < 1.29 is 4.74 Å². The first-order valence-corrected chi connectivity index (χ1v) is 5.92. The van der Waals surface area contributed by atoms with E-state index in [0.717, 1.165) is 19.6 Å². The number of hydrogen-bond donors (Lipinski definition) is 1. The van der Waals surface area contributed by atoms with Crippen molar-refractivity contribution in [3.63, 3.8) is 0 Å². The lowest BCUT2D eigenvalue weighted by Gasteiger charge is -2.39. The molecule has 1 fully saturated rings. The van der Waals surface area contributed by atoms with E-state index in [0.29, 0.717) is 12.2 Å². The summed E-state index contributed by atoms with van der Waals surface area (Å²) < 4.78 is 5.70. The molecule has 0 saturated carbocycles. The maximum Gasteiger partial charge on any atom is 0.0678 e. The fourth-order valence-electron chi connectivity index (χ4n) is 1.99. The fraction of sp³-hybridized carbons (Fsp3) is 1.00. The molecule has 15 heavy (non-hydrogen) atoms. The van der Waals surface area contributed by atoms with Gasteiger partial charge in [0.2, 0.25) is 0 Å². The molecule has 0 aliphatic carbocycles. The van der Waals surface area contributed by atoms with E-state index in [-0.39, 0.29) is 11.5 Å². The van der Waals surface area contributed by atoms with Crippen LogP contribution in [0.4, 0.5) is 0 Å². The van der Waals surface area contributed by atoms with E-state index in [1.54, 1.807) is 0 Å². The van der Waals surface area contributed by atoms with Crippen molar-refractivity contribution in [2.75, 3.05) is 19.6 Å². The van der Waals surface area contributed by atoms with Crippen molar-refractivity contribution in [2.24, 2.45) is 11.1 Å². The van der Waals surface area contributed by atoms with Gasteiger partial charge in [-0.05, 0) is 19.3 Å². The largest absolute Gasteiger partial charge is 0.373 e. The first-order chi connectivity index (χ1) is 6.79. The summed E-state index contributed by atoms with van der Waals surface area (Å²) in [6, 6.07) is 0.231. The van der Waals surface area contributed by atoms with Crippen LogP contribution in [0.15, 0.2) is 0 Å². The van der Waals surface area contributed by atoms with Crippen LogP contribution in [0.2, 0.25) is 0 Å². The number of nitrogens with zero attached hydrogens (tertiary/aromatic N) is 1. The first kappa shape index (κ1) is 12.9. The van der Waals surface area contributed by atoms with Gasteiger partial charge in [-0.2, -0.15) is 0 Å². The maximum atomic E-state index is 6.19. The van der Waals surface area contributed by atoms with Crippen molar-refractivity contribution in [3.8, 4) is 0 Å². The molecule has 0 aromatic heterocycles. The normalized spacial score (nSPS) is 31.6. The summed E-state index contributed by atoms with van der Waals surface area (Å²) >= 11 is 0. The second-order valence-electron chi connectivity index (χ2n) is 5.95.